The Kier molecular flexibility index (Phi) is 5.63. The number of rotatable bonds is 6. The topological polar surface area (TPSA) is 75.3 Å². The van der Waals surface area contributed by atoms with Gasteiger partial charge in [-0.1, -0.05) is 30.3 Å². The molecule has 2 N–H and O–H groups in total. The van der Waals surface area contributed by atoms with Crippen molar-refractivity contribution in [2.75, 3.05) is 7.05 Å². The molecule has 0 aliphatic carbocycles. The summed E-state index contributed by atoms with van der Waals surface area (Å²) in [6, 6.07) is 9.69. The number of carbonyl (C=O) groups is 1. The Morgan fingerprint density at radius 3 is 2.08 bits per heavy atom. The first kappa shape index (κ1) is 18.0. The van der Waals surface area contributed by atoms with Crippen LogP contribution in [0.1, 0.15) is 21.5 Å². The van der Waals surface area contributed by atoms with Crippen LogP contribution in [0.5, 0.6) is 0 Å². The van der Waals surface area contributed by atoms with E-state index < -0.39 is 33.1 Å². The minimum atomic E-state index is -3.36. The van der Waals surface area contributed by atoms with E-state index in [1.807, 2.05) is 0 Å². The molecule has 0 saturated carbocycles. The Morgan fingerprint density at radius 2 is 1.54 bits per heavy atom. The van der Waals surface area contributed by atoms with E-state index in [4.69, 9.17) is 0 Å². The van der Waals surface area contributed by atoms with Crippen LogP contribution >= 0.6 is 0 Å². The summed E-state index contributed by atoms with van der Waals surface area (Å²) in [7, 11) is -2.03. The average Bonchev–Trinajstić information content (AvgIpc) is 2.54. The summed E-state index contributed by atoms with van der Waals surface area (Å²) in [5, 5.41) is 2.43. The molecule has 128 valence electrons. The van der Waals surface area contributed by atoms with Gasteiger partial charge in [0.05, 0.1) is 5.75 Å². The second-order valence-corrected chi connectivity index (χ2v) is 6.99. The van der Waals surface area contributed by atoms with Gasteiger partial charge in [-0.05, 0) is 30.3 Å². The van der Waals surface area contributed by atoms with Gasteiger partial charge in [0.1, 0.15) is 17.2 Å². The lowest BCUT2D eigenvalue weighted by Crippen LogP contribution is -2.25. The summed E-state index contributed by atoms with van der Waals surface area (Å²) in [5.41, 5.74) is 0.625. The Morgan fingerprint density at radius 1 is 1.00 bits per heavy atom. The standard InChI is InChI=1S/C16H16F2N2O3S/c1-19-24(22,23)10-12-7-5-11(6-8-12)9-20-16(21)15-13(17)3-2-4-14(15)18/h2-8,19H,9-10H2,1H3,(H,20,21). The third-order valence-electron chi connectivity index (χ3n) is 3.33. The first-order chi connectivity index (χ1) is 11.3. The van der Waals surface area contributed by atoms with Crippen molar-refractivity contribution in [1.29, 1.82) is 0 Å². The van der Waals surface area contributed by atoms with Gasteiger partial charge in [-0.15, -0.1) is 0 Å². The molecule has 2 aromatic rings. The van der Waals surface area contributed by atoms with Crippen LogP contribution in [0.3, 0.4) is 0 Å². The van der Waals surface area contributed by atoms with Gasteiger partial charge in [-0.3, -0.25) is 4.79 Å². The van der Waals surface area contributed by atoms with Crippen molar-refractivity contribution in [2.24, 2.45) is 0 Å². The number of carbonyl (C=O) groups excluding carboxylic acids is 1. The van der Waals surface area contributed by atoms with E-state index in [0.717, 1.165) is 12.1 Å². The van der Waals surface area contributed by atoms with E-state index in [-0.39, 0.29) is 12.3 Å². The van der Waals surface area contributed by atoms with Crippen LogP contribution < -0.4 is 10.0 Å². The van der Waals surface area contributed by atoms with Crippen molar-refractivity contribution in [2.45, 2.75) is 12.3 Å². The number of hydrogen-bond acceptors (Lipinski definition) is 3. The largest absolute Gasteiger partial charge is 0.348 e. The SMILES string of the molecule is CNS(=O)(=O)Cc1ccc(CNC(=O)c2c(F)cccc2F)cc1. The Labute approximate surface area is 138 Å². The summed E-state index contributed by atoms with van der Waals surface area (Å²) in [5.74, 6) is -2.87. The number of halogens is 2. The second-order valence-electron chi connectivity index (χ2n) is 5.06. The molecule has 0 spiro atoms. The maximum absolute atomic E-state index is 13.5. The van der Waals surface area contributed by atoms with Crippen LogP contribution in [0.15, 0.2) is 42.5 Å². The zero-order valence-corrected chi connectivity index (χ0v) is 13.7. The monoisotopic (exact) mass is 354 g/mol. The number of nitrogens with one attached hydrogen (secondary N) is 2. The highest BCUT2D eigenvalue weighted by Gasteiger charge is 2.16. The lowest BCUT2D eigenvalue weighted by atomic mass is 10.1. The maximum Gasteiger partial charge on any atom is 0.257 e. The molecule has 0 atom stereocenters. The molecule has 24 heavy (non-hydrogen) atoms. The van der Waals surface area contributed by atoms with Gasteiger partial charge in [0, 0.05) is 6.54 Å². The number of sulfonamides is 1. The predicted octanol–water partition coefficient (Wildman–Crippen LogP) is 1.94. The van der Waals surface area contributed by atoms with E-state index in [1.165, 1.54) is 13.1 Å². The van der Waals surface area contributed by atoms with Crippen LogP contribution in [0.4, 0.5) is 8.78 Å². The van der Waals surface area contributed by atoms with Crippen molar-refractivity contribution in [3.05, 3.63) is 70.8 Å². The van der Waals surface area contributed by atoms with Crippen LogP contribution in [0.2, 0.25) is 0 Å². The molecule has 0 aliphatic heterocycles. The van der Waals surface area contributed by atoms with Crippen LogP contribution in [-0.2, 0) is 22.3 Å². The molecular formula is C16H16F2N2O3S. The number of amides is 1. The lowest BCUT2D eigenvalue weighted by Gasteiger charge is -2.08. The van der Waals surface area contributed by atoms with E-state index in [2.05, 4.69) is 10.0 Å². The van der Waals surface area contributed by atoms with Crippen LogP contribution in [0.25, 0.3) is 0 Å². The van der Waals surface area contributed by atoms with Crippen molar-refractivity contribution < 1.29 is 22.0 Å². The lowest BCUT2D eigenvalue weighted by molar-refractivity contribution is 0.0942. The highest BCUT2D eigenvalue weighted by atomic mass is 32.2. The van der Waals surface area contributed by atoms with Gasteiger partial charge >= 0.3 is 0 Å². The van der Waals surface area contributed by atoms with Gasteiger partial charge in [0.25, 0.3) is 5.91 Å². The van der Waals surface area contributed by atoms with Crippen molar-refractivity contribution in [1.82, 2.24) is 10.0 Å². The first-order valence-corrected chi connectivity index (χ1v) is 8.69. The minimum Gasteiger partial charge on any atom is -0.348 e. The van der Waals surface area contributed by atoms with Crippen molar-refractivity contribution in [3.8, 4) is 0 Å². The van der Waals surface area contributed by atoms with E-state index in [0.29, 0.717) is 11.1 Å². The molecule has 2 aromatic carbocycles. The summed E-state index contributed by atoms with van der Waals surface area (Å²) in [6.07, 6.45) is 0. The molecule has 0 saturated heterocycles. The number of hydrogen-bond donors (Lipinski definition) is 2. The molecule has 0 aromatic heterocycles. The molecule has 0 aliphatic rings. The van der Waals surface area contributed by atoms with Gasteiger partial charge in [0.2, 0.25) is 10.0 Å². The maximum atomic E-state index is 13.5. The zero-order chi connectivity index (χ0) is 17.7. The second kappa shape index (κ2) is 7.50. The fraction of sp³-hybridized carbons (Fsp3) is 0.188. The summed E-state index contributed by atoms with van der Waals surface area (Å²) >= 11 is 0. The normalized spacial score (nSPS) is 11.3. The number of benzene rings is 2. The Hall–Kier alpha value is -2.32. The summed E-state index contributed by atoms with van der Waals surface area (Å²) in [6.45, 7) is 0.0612. The van der Waals surface area contributed by atoms with Crippen LogP contribution in [0, 0.1) is 11.6 Å². The molecule has 2 rings (SSSR count). The Bertz CT molecular complexity index is 817. The molecule has 8 heteroatoms. The molecule has 0 radical (unpaired) electrons. The first-order valence-electron chi connectivity index (χ1n) is 7.03. The van der Waals surface area contributed by atoms with Gasteiger partial charge in [-0.25, -0.2) is 21.9 Å². The Balaban J connectivity index is 2.01. The molecular weight excluding hydrogens is 338 g/mol. The fourth-order valence-electron chi connectivity index (χ4n) is 2.03. The quantitative estimate of drug-likeness (QED) is 0.833. The van der Waals surface area contributed by atoms with E-state index in [1.54, 1.807) is 24.3 Å². The molecule has 0 heterocycles. The highest BCUT2D eigenvalue weighted by Crippen LogP contribution is 2.12. The molecule has 5 nitrogen and oxygen atoms in total. The third kappa shape index (κ3) is 4.59. The van der Waals surface area contributed by atoms with Gasteiger partial charge < -0.3 is 5.32 Å². The molecule has 1 amide bonds. The molecule has 0 bridgehead atoms. The van der Waals surface area contributed by atoms with E-state index in [9.17, 15) is 22.0 Å². The smallest absolute Gasteiger partial charge is 0.257 e. The fourth-order valence-corrected chi connectivity index (χ4v) is 2.81. The predicted molar refractivity (Wildman–Crippen MR) is 85.7 cm³/mol. The van der Waals surface area contributed by atoms with Crippen molar-refractivity contribution in [3.63, 3.8) is 0 Å². The van der Waals surface area contributed by atoms with E-state index >= 15 is 0 Å². The molecule has 0 unspecified atom stereocenters. The minimum absolute atomic E-state index is 0.0612. The summed E-state index contributed by atoms with van der Waals surface area (Å²) in [4.78, 5) is 11.9. The van der Waals surface area contributed by atoms with Gasteiger partial charge in [0.15, 0.2) is 0 Å². The highest BCUT2D eigenvalue weighted by molar-refractivity contribution is 7.88. The third-order valence-corrected chi connectivity index (χ3v) is 4.67. The summed E-state index contributed by atoms with van der Waals surface area (Å²) < 4.78 is 52.1. The van der Waals surface area contributed by atoms with Crippen LogP contribution in [-0.4, -0.2) is 21.4 Å². The average molecular weight is 354 g/mol. The van der Waals surface area contributed by atoms with Gasteiger partial charge in [-0.2, -0.15) is 0 Å². The molecule has 0 fully saturated rings. The zero-order valence-electron chi connectivity index (χ0n) is 12.8. The van der Waals surface area contributed by atoms with Crippen molar-refractivity contribution >= 4 is 15.9 Å².